The first kappa shape index (κ1) is 22.2. The molecule has 3 rings (SSSR count). The molecule has 2 N–H and O–H groups in total. The monoisotopic (exact) mass is 464 g/mol. The summed E-state index contributed by atoms with van der Waals surface area (Å²) in [7, 11) is -3.88. The van der Waals surface area contributed by atoms with E-state index in [0.29, 0.717) is 11.4 Å². The highest BCUT2D eigenvalue weighted by atomic mass is 35.5. The van der Waals surface area contributed by atoms with Gasteiger partial charge in [0.25, 0.3) is 15.9 Å². The molecule has 12 heteroatoms. The SMILES string of the molecule is Cc1cc(NS(=O)(=O)c2ccc(NC(=O)C(C)OC(=O)c3ccnc(Cl)c3)cc2)no1. The Morgan fingerprint density at radius 3 is 2.48 bits per heavy atom. The number of nitrogens with zero attached hydrogens (tertiary/aromatic N) is 2. The molecule has 162 valence electrons. The second-order valence-corrected chi connectivity index (χ2v) is 8.43. The first-order valence-electron chi connectivity index (χ1n) is 8.83. The van der Waals surface area contributed by atoms with E-state index < -0.39 is 28.0 Å². The summed E-state index contributed by atoms with van der Waals surface area (Å²) in [6, 6.07) is 9.58. The number of sulfonamides is 1. The highest BCUT2D eigenvalue weighted by Gasteiger charge is 2.20. The minimum atomic E-state index is -3.88. The lowest BCUT2D eigenvalue weighted by atomic mass is 10.2. The van der Waals surface area contributed by atoms with Crippen molar-refractivity contribution in [3.05, 3.63) is 65.1 Å². The molecule has 0 aliphatic heterocycles. The number of carbonyl (C=O) groups is 2. The first-order valence-corrected chi connectivity index (χ1v) is 10.7. The summed E-state index contributed by atoms with van der Waals surface area (Å²) < 4.78 is 37.0. The molecule has 1 amide bonds. The van der Waals surface area contributed by atoms with Crippen LogP contribution in [0, 0.1) is 6.92 Å². The number of amides is 1. The molecule has 0 saturated carbocycles. The molecule has 1 atom stereocenters. The van der Waals surface area contributed by atoms with Gasteiger partial charge in [0.2, 0.25) is 0 Å². The number of aromatic nitrogens is 2. The van der Waals surface area contributed by atoms with Crippen LogP contribution in [-0.2, 0) is 19.6 Å². The maximum absolute atomic E-state index is 12.4. The van der Waals surface area contributed by atoms with Crippen molar-refractivity contribution in [3.63, 3.8) is 0 Å². The van der Waals surface area contributed by atoms with Crippen molar-refractivity contribution in [1.82, 2.24) is 10.1 Å². The summed E-state index contributed by atoms with van der Waals surface area (Å²) in [4.78, 5) is 28.1. The summed E-state index contributed by atoms with van der Waals surface area (Å²) >= 11 is 5.73. The fourth-order valence-corrected chi connectivity index (χ4v) is 3.54. The van der Waals surface area contributed by atoms with E-state index >= 15 is 0 Å². The first-order chi connectivity index (χ1) is 14.6. The predicted molar refractivity (Wildman–Crippen MR) is 111 cm³/mol. The van der Waals surface area contributed by atoms with Crippen LogP contribution in [0.3, 0.4) is 0 Å². The van der Waals surface area contributed by atoms with E-state index in [-0.39, 0.29) is 21.4 Å². The van der Waals surface area contributed by atoms with Crippen LogP contribution in [-0.4, -0.2) is 36.5 Å². The number of aryl methyl sites for hydroxylation is 1. The number of pyridine rings is 1. The molecular weight excluding hydrogens is 448 g/mol. The number of hydrogen-bond donors (Lipinski definition) is 2. The van der Waals surface area contributed by atoms with E-state index in [4.69, 9.17) is 20.9 Å². The molecular formula is C19H17ClN4O6S. The van der Waals surface area contributed by atoms with Crippen LogP contribution in [0.15, 0.2) is 58.1 Å². The van der Waals surface area contributed by atoms with E-state index in [1.807, 2.05) is 0 Å². The van der Waals surface area contributed by atoms with Gasteiger partial charge in [0.1, 0.15) is 10.9 Å². The van der Waals surface area contributed by atoms with Crippen LogP contribution in [0.4, 0.5) is 11.5 Å². The molecule has 1 aromatic carbocycles. The van der Waals surface area contributed by atoms with Crippen molar-refractivity contribution < 1.29 is 27.3 Å². The molecule has 0 radical (unpaired) electrons. The minimum absolute atomic E-state index is 0.0415. The average molecular weight is 465 g/mol. The van der Waals surface area contributed by atoms with Crippen LogP contribution in [0.1, 0.15) is 23.0 Å². The quantitative estimate of drug-likeness (QED) is 0.401. The Bertz CT molecular complexity index is 1210. The third-order valence-electron chi connectivity index (χ3n) is 3.91. The standard InChI is InChI=1S/C19H17ClN4O6S/c1-11-9-17(23-30-11)24-31(27,28)15-5-3-14(4-6-15)22-18(25)12(2)29-19(26)13-7-8-21-16(20)10-13/h3-10,12H,1-2H3,(H,22,25)(H,23,24). The van der Waals surface area contributed by atoms with Crippen molar-refractivity contribution >= 4 is 45.0 Å². The van der Waals surface area contributed by atoms with Crippen molar-refractivity contribution in [2.24, 2.45) is 0 Å². The minimum Gasteiger partial charge on any atom is -0.449 e. The number of benzene rings is 1. The smallest absolute Gasteiger partial charge is 0.339 e. The van der Waals surface area contributed by atoms with Gasteiger partial charge in [-0.05, 0) is 50.2 Å². The zero-order chi connectivity index (χ0) is 22.6. The molecule has 31 heavy (non-hydrogen) atoms. The summed E-state index contributed by atoms with van der Waals surface area (Å²) in [6.45, 7) is 3.03. The van der Waals surface area contributed by atoms with Crippen LogP contribution in [0.25, 0.3) is 0 Å². The number of esters is 1. The van der Waals surface area contributed by atoms with Crippen LogP contribution in [0.5, 0.6) is 0 Å². The highest BCUT2D eigenvalue weighted by Crippen LogP contribution is 2.18. The van der Waals surface area contributed by atoms with Crippen molar-refractivity contribution in [3.8, 4) is 0 Å². The van der Waals surface area contributed by atoms with Crippen molar-refractivity contribution in [1.29, 1.82) is 0 Å². The molecule has 0 aliphatic rings. The van der Waals surface area contributed by atoms with Gasteiger partial charge in [-0.3, -0.25) is 9.52 Å². The average Bonchev–Trinajstić information content (AvgIpc) is 3.12. The Kier molecular flexibility index (Phi) is 6.56. The van der Waals surface area contributed by atoms with Gasteiger partial charge in [0.05, 0.1) is 10.5 Å². The molecule has 0 bridgehead atoms. The maximum atomic E-state index is 12.4. The van der Waals surface area contributed by atoms with Gasteiger partial charge in [-0.15, -0.1) is 0 Å². The molecule has 0 aliphatic carbocycles. The number of halogens is 1. The number of anilines is 2. The summed E-state index contributed by atoms with van der Waals surface area (Å²) in [6.07, 6.45) is 0.234. The van der Waals surface area contributed by atoms with E-state index in [2.05, 4.69) is 20.2 Å². The van der Waals surface area contributed by atoms with E-state index in [1.165, 1.54) is 55.6 Å². The van der Waals surface area contributed by atoms with Gasteiger partial charge in [0, 0.05) is 18.0 Å². The molecule has 2 heterocycles. The summed E-state index contributed by atoms with van der Waals surface area (Å²) in [5.74, 6) is -0.818. The fraction of sp³-hybridized carbons (Fsp3) is 0.158. The Morgan fingerprint density at radius 1 is 1.16 bits per heavy atom. The third-order valence-corrected chi connectivity index (χ3v) is 5.49. The lowest BCUT2D eigenvalue weighted by molar-refractivity contribution is -0.123. The third kappa shape index (κ3) is 5.80. The van der Waals surface area contributed by atoms with Crippen LogP contribution >= 0.6 is 11.6 Å². The molecule has 3 aromatic rings. The zero-order valence-electron chi connectivity index (χ0n) is 16.3. The van der Waals surface area contributed by atoms with Gasteiger partial charge in [-0.1, -0.05) is 16.8 Å². The van der Waals surface area contributed by atoms with Crippen molar-refractivity contribution in [2.45, 2.75) is 24.8 Å². The van der Waals surface area contributed by atoms with Gasteiger partial charge in [0.15, 0.2) is 11.9 Å². The molecule has 0 spiro atoms. The van der Waals surface area contributed by atoms with Gasteiger partial charge >= 0.3 is 5.97 Å². The zero-order valence-corrected chi connectivity index (χ0v) is 17.9. The predicted octanol–water partition coefficient (Wildman–Crippen LogP) is 3.02. The number of nitrogens with one attached hydrogen (secondary N) is 2. The number of carbonyl (C=O) groups excluding carboxylic acids is 2. The van der Waals surface area contributed by atoms with Gasteiger partial charge < -0.3 is 14.6 Å². The lowest BCUT2D eigenvalue weighted by Gasteiger charge is -2.14. The van der Waals surface area contributed by atoms with Crippen LogP contribution in [0.2, 0.25) is 5.15 Å². The number of hydrogen-bond acceptors (Lipinski definition) is 8. The number of rotatable bonds is 7. The Hall–Kier alpha value is -3.44. The fourth-order valence-electron chi connectivity index (χ4n) is 2.38. The van der Waals surface area contributed by atoms with E-state index in [1.54, 1.807) is 6.92 Å². The Morgan fingerprint density at radius 2 is 1.87 bits per heavy atom. The summed E-state index contributed by atoms with van der Waals surface area (Å²) in [5, 5.41) is 6.24. The normalized spacial score (nSPS) is 12.1. The van der Waals surface area contributed by atoms with Gasteiger partial charge in [-0.25, -0.2) is 18.2 Å². The van der Waals surface area contributed by atoms with Gasteiger partial charge in [-0.2, -0.15) is 0 Å². The molecule has 2 aromatic heterocycles. The summed E-state index contributed by atoms with van der Waals surface area (Å²) in [5.41, 5.74) is 0.472. The highest BCUT2D eigenvalue weighted by molar-refractivity contribution is 7.92. The topological polar surface area (TPSA) is 140 Å². The molecule has 10 nitrogen and oxygen atoms in total. The van der Waals surface area contributed by atoms with Crippen molar-refractivity contribution in [2.75, 3.05) is 10.0 Å². The lowest BCUT2D eigenvalue weighted by Crippen LogP contribution is -2.30. The molecule has 0 fully saturated rings. The van der Waals surface area contributed by atoms with E-state index in [9.17, 15) is 18.0 Å². The second kappa shape index (κ2) is 9.14. The largest absolute Gasteiger partial charge is 0.449 e. The Balaban J connectivity index is 1.60. The molecule has 0 saturated heterocycles. The Labute approximate surface area is 182 Å². The van der Waals surface area contributed by atoms with Crippen LogP contribution < -0.4 is 10.0 Å². The molecule has 1 unspecified atom stereocenters. The maximum Gasteiger partial charge on any atom is 0.339 e. The number of ether oxygens (including phenoxy) is 1. The second-order valence-electron chi connectivity index (χ2n) is 6.36. The van der Waals surface area contributed by atoms with E-state index in [0.717, 1.165) is 0 Å².